The summed E-state index contributed by atoms with van der Waals surface area (Å²) in [5, 5.41) is 11.6. The van der Waals surface area contributed by atoms with Crippen LogP contribution in [0.15, 0.2) is 48.5 Å². The number of thioether (sulfide) groups is 2. The van der Waals surface area contributed by atoms with E-state index in [-0.39, 0.29) is 12.5 Å². The molecule has 4 nitrogen and oxygen atoms in total. The molecule has 0 atom stereocenters. The number of carbonyl (C=O) groups excluding carboxylic acids is 1. The SMILES string of the molecule is N#Cc1ccc(OCC(=O)Nc2cccc(C3SCCS3)c2)cc1. The van der Waals surface area contributed by atoms with Crippen LogP contribution in [0.3, 0.4) is 0 Å². The number of anilines is 1. The number of rotatable bonds is 5. The van der Waals surface area contributed by atoms with Gasteiger partial charge in [0.1, 0.15) is 5.75 Å². The van der Waals surface area contributed by atoms with Crippen LogP contribution in [0.1, 0.15) is 15.7 Å². The maximum atomic E-state index is 12.0. The normalized spacial score (nSPS) is 14.1. The van der Waals surface area contributed by atoms with Gasteiger partial charge in [0.25, 0.3) is 5.91 Å². The molecule has 0 bridgehead atoms. The lowest BCUT2D eigenvalue weighted by atomic mass is 10.2. The van der Waals surface area contributed by atoms with Crippen molar-refractivity contribution in [2.24, 2.45) is 0 Å². The molecule has 0 aliphatic carbocycles. The predicted molar refractivity (Wildman–Crippen MR) is 99.4 cm³/mol. The van der Waals surface area contributed by atoms with Gasteiger partial charge >= 0.3 is 0 Å². The van der Waals surface area contributed by atoms with Crippen LogP contribution in [0.25, 0.3) is 0 Å². The molecule has 0 saturated carbocycles. The molecule has 1 aliphatic rings. The lowest BCUT2D eigenvalue weighted by Crippen LogP contribution is -2.20. The van der Waals surface area contributed by atoms with Crippen LogP contribution in [0.5, 0.6) is 5.75 Å². The molecular formula is C18H16N2O2S2. The first-order valence-corrected chi connectivity index (χ1v) is 9.60. The van der Waals surface area contributed by atoms with E-state index >= 15 is 0 Å². The van der Waals surface area contributed by atoms with E-state index in [1.165, 1.54) is 17.1 Å². The number of hydrogen-bond donors (Lipinski definition) is 1. The summed E-state index contributed by atoms with van der Waals surface area (Å²) >= 11 is 3.87. The van der Waals surface area contributed by atoms with Crippen molar-refractivity contribution in [1.82, 2.24) is 0 Å². The second-order valence-corrected chi connectivity index (χ2v) is 7.90. The van der Waals surface area contributed by atoms with E-state index in [0.29, 0.717) is 15.9 Å². The van der Waals surface area contributed by atoms with E-state index in [9.17, 15) is 4.79 Å². The standard InChI is InChI=1S/C18H16N2O2S2/c19-11-13-4-6-16(7-5-13)22-12-17(21)20-15-3-1-2-14(10-15)18-23-8-9-24-18/h1-7,10,18H,8-9,12H2,(H,20,21). The Morgan fingerprint density at radius 2 is 1.96 bits per heavy atom. The summed E-state index contributed by atoms with van der Waals surface area (Å²) in [5.74, 6) is 2.70. The second kappa shape index (κ2) is 8.13. The smallest absolute Gasteiger partial charge is 0.262 e. The first-order chi connectivity index (χ1) is 11.7. The van der Waals surface area contributed by atoms with Gasteiger partial charge in [-0.05, 0) is 42.0 Å². The molecule has 0 aromatic heterocycles. The van der Waals surface area contributed by atoms with Crippen molar-refractivity contribution in [3.05, 3.63) is 59.7 Å². The molecule has 6 heteroatoms. The van der Waals surface area contributed by atoms with Gasteiger partial charge in [0, 0.05) is 17.2 Å². The van der Waals surface area contributed by atoms with Crippen molar-refractivity contribution < 1.29 is 9.53 Å². The van der Waals surface area contributed by atoms with Crippen molar-refractivity contribution in [2.75, 3.05) is 23.4 Å². The minimum absolute atomic E-state index is 0.0664. The van der Waals surface area contributed by atoms with E-state index in [1.54, 1.807) is 24.3 Å². The maximum Gasteiger partial charge on any atom is 0.262 e. The molecule has 1 fully saturated rings. The summed E-state index contributed by atoms with van der Waals surface area (Å²) in [6.07, 6.45) is 0. The summed E-state index contributed by atoms with van der Waals surface area (Å²) in [4.78, 5) is 12.0. The van der Waals surface area contributed by atoms with Crippen molar-refractivity contribution in [1.29, 1.82) is 5.26 Å². The number of nitriles is 1. The maximum absolute atomic E-state index is 12.0. The van der Waals surface area contributed by atoms with Gasteiger partial charge in [0.15, 0.2) is 6.61 Å². The highest BCUT2D eigenvalue weighted by atomic mass is 32.2. The van der Waals surface area contributed by atoms with Crippen LogP contribution in [-0.4, -0.2) is 24.0 Å². The fraction of sp³-hybridized carbons (Fsp3) is 0.222. The van der Waals surface area contributed by atoms with Crippen LogP contribution in [0, 0.1) is 11.3 Å². The summed E-state index contributed by atoms with van der Waals surface area (Å²) < 4.78 is 5.90. The lowest BCUT2D eigenvalue weighted by Gasteiger charge is -2.11. The van der Waals surface area contributed by atoms with Crippen LogP contribution in [0.2, 0.25) is 0 Å². The number of nitrogens with one attached hydrogen (secondary N) is 1. The number of benzene rings is 2. The van der Waals surface area contributed by atoms with E-state index in [2.05, 4.69) is 11.4 Å². The van der Waals surface area contributed by atoms with Gasteiger partial charge in [0.2, 0.25) is 0 Å². The summed E-state index contributed by atoms with van der Waals surface area (Å²) in [5.41, 5.74) is 2.58. The van der Waals surface area contributed by atoms with Gasteiger partial charge in [-0.3, -0.25) is 4.79 Å². The van der Waals surface area contributed by atoms with Crippen LogP contribution in [0.4, 0.5) is 5.69 Å². The average Bonchev–Trinajstić information content (AvgIpc) is 3.15. The third-order valence-corrected chi connectivity index (χ3v) is 6.52. The number of carbonyl (C=O) groups is 1. The molecule has 1 heterocycles. The Balaban J connectivity index is 1.54. The Hall–Kier alpha value is -2.10. The minimum Gasteiger partial charge on any atom is -0.484 e. The third kappa shape index (κ3) is 4.47. The van der Waals surface area contributed by atoms with Crippen LogP contribution < -0.4 is 10.1 Å². The Bertz CT molecular complexity index is 750. The monoisotopic (exact) mass is 356 g/mol. The predicted octanol–water partition coefficient (Wildman–Crippen LogP) is 4.05. The van der Waals surface area contributed by atoms with Gasteiger partial charge in [-0.1, -0.05) is 12.1 Å². The molecule has 0 radical (unpaired) electrons. The van der Waals surface area contributed by atoms with Crippen molar-refractivity contribution in [3.63, 3.8) is 0 Å². The fourth-order valence-corrected chi connectivity index (χ4v) is 5.12. The zero-order chi connectivity index (χ0) is 16.8. The van der Waals surface area contributed by atoms with Crippen LogP contribution >= 0.6 is 23.5 Å². The van der Waals surface area contributed by atoms with E-state index in [4.69, 9.17) is 10.00 Å². The Kier molecular flexibility index (Phi) is 5.68. The molecule has 0 unspecified atom stereocenters. The van der Waals surface area contributed by atoms with Gasteiger partial charge < -0.3 is 10.1 Å². The third-order valence-electron chi connectivity index (χ3n) is 3.42. The Morgan fingerprint density at radius 3 is 2.67 bits per heavy atom. The lowest BCUT2D eigenvalue weighted by molar-refractivity contribution is -0.118. The topological polar surface area (TPSA) is 62.1 Å². The van der Waals surface area contributed by atoms with Crippen molar-refractivity contribution >= 4 is 35.1 Å². The van der Waals surface area contributed by atoms with Gasteiger partial charge in [0.05, 0.1) is 16.2 Å². The zero-order valence-electron chi connectivity index (χ0n) is 12.9. The number of hydrogen-bond acceptors (Lipinski definition) is 5. The molecule has 2 aromatic carbocycles. The Labute approximate surface area is 149 Å². The summed E-state index contributed by atoms with van der Waals surface area (Å²) in [6, 6.07) is 16.7. The molecule has 1 saturated heterocycles. The molecule has 122 valence electrons. The number of nitrogens with zero attached hydrogens (tertiary/aromatic N) is 1. The molecule has 24 heavy (non-hydrogen) atoms. The van der Waals surface area contributed by atoms with Crippen molar-refractivity contribution in [2.45, 2.75) is 4.58 Å². The van der Waals surface area contributed by atoms with Crippen molar-refractivity contribution in [3.8, 4) is 11.8 Å². The quantitative estimate of drug-likeness (QED) is 0.875. The van der Waals surface area contributed by atoms with Gasteiger partial charge in [-0.25, -0.2) is 0 Å². The van der Waals surface area contributed by atoms with Gasteiger partial charge in [-0.15, -0.1) is 23.5 Å². The average molecular weight is 356 g/mol. The fourth-order valence-electron chi connectivity index (χ4n) is 2.29. The number of amides is 1. The highest BCUT2D eigenvalue weighted by molar-refractivity contribution is 8.19. The summed E-state index contributed by atoms with van der Waals surface area (Å²) in [6.45, 7) is -0.0664. The first kappa shape index (κ1) is 16.7. The zero-order valence-corrected chi connectivity index (χ0v) is 14.5. The molecule has 1 amide bonds. The van der Waals surface area contributed by atoms with E-state index < -0.39 is 0 Å². The van der Waals surface area contributed by atoms with Gasteiger partial charge in [-0.2, -0.15) is 5.26 Å². The summed E-state index contributed by atoms with van der Waals surface area (Å²) in [7, 11) is 0. The molecule has 1 aliphatic heterocycles. The molecule has 3 rings (SSSR count). The van der Waals surface area contributed by atoms with E-state index in [1.807, 2.05) is 47.8 Å². The molecule has 2 aromatic rings. The largest absolute Gasteiger partial charge is 0.484 e. The Morgan fingerprint density at radius 1 is 1.21 bits per heavy atom. The molecule has 0 spiro atoms. The minimum atomic E-state index is -0.205. The second-order valence-electron chi connectivity index (χ2n) is 5.17. The molecule has 1 N–H and O–H groups in total. The van der Waals surface area contributed by atoms with E-state index in [0.717, 1.165) is 5.69 Å². The number of ether oxygens (including phenoxy) is 1. The molecular weight excluding hydrogens is 340 g/mol. The van der Waals surface area contributed by atoms with Crippen LogP contribution in [-0.2, 0) is 4.79 Å². The highest BCUT2D eigenvalue weighted by Crippen LogP contribution is 2.45. The first-order valence-electron chi connectivity index (χ1n) is 7.50. The highest BCUT2D eigenvalue weighted by Gasteiger charge is 2.18.